The molecule has 6 heteroatoms. The summed E-state index contributed by atoms with van der Waals surface area (Å²) in [5.74, 6) is -0.544. The first-order valence-corrected chi connectivity index (χ1v) is 19.8. The zero-order chi connectivity index (χ0) is 33.2. The lowest BCUT2D eigenvalue weighted by Crippen LogP contribution is -2.49. The fraction of sp³-hybridized carbons (Fsp3) is 0.923. The number of nitrogens with zero attached hydrogens (tertiary/aromatic N) is 1. The summed E-state index contributed by atoms with van der Waals surface area (Å²) in [6.07, 6.45) is 34.3. The Labute approximate surface area is 280 Å². The van der Waals surface area contributed by atoms with Crippen LogP contribution in [0.15, 0.2) is 0 Å². The molecule has 0 aliphatic rings. The van der Waals surface area contributed by atoms with Gasteiger partial charge in [-0.2, -0.15) is 0 Å². The number of hydrogen-bond donors (Lipinski definition) is 2. The maximum Gasteiger partial charge on any atom is 0.245 e. The topological polar surface area (TPSA) is 92.5 Å². The molecule has 0 aliphatic heterocycles. The maximum absolute atomic E-state index is 13.7. The Morgan fingerprint density at radius 3 is 1.18 bits per heavy atom. The molecule has 266 valence electrons. The molecule has 0 radical (unpaired) electrons. The summed E-state index contributed by atoms with van der Waals surface area (Å²) >= 11 is 0. The number of nitrogens with two attached hydrogens (primary N) is 1. The van der Waals surface area contributed by atoms with Crippen LogP contribution in [0.1, 0.15) is 213 Å². The third kappa shape index (κ3) is 29.6. The van der Waals surface area contributed by atoms with Crippen LogP contribution in [0.3, 0.4) is 0 Å². The Bertz CT molecular complexity index is 668. The second-order valence-electron chi connectivity index (χ2n) is 13.7. The van der Waals surface area contributed by atoms with Gasteiger partial charge in [0.25, 0.3) is 0 Å². The third-order valence-corrected chi connectivity index (χ3v) is 9.19. The highest BCUT2D eigenvalue weighted by atomic mass is 16.2. The first kappa shape index (κ1) is 43.4. The number of primary amides is 1. The van der Waals surface area contributed by atoms with Gasteiger partial charge >= 0.3 is 0 Å². The largest absolute Gasteiger partial charge is 0.370 e. The van der Waals surface area contributed by atoms with Crippen molar-refractivity contribution in [1.29, 1.82) is 0 Å². The number of hydrogen-bond acceptors (Lipinski definition) is 3. The highest BCUT2D eigenvalue weighted by molar-refractivity contribution is 5.88. The van der Waals surface area contributed by atoms with Gasteiger partial charge in [-0.25, -0.2) is 0 Å². The molecule has 0 aliphatic carbocycles. The van der Waals surface area contributed by atoms with Crippen molar-refractivity contribution in [2.24, 2.45) is 5.73 Å². The lowest BCUT2D eigenvalue weighted by Gasteiger charge is -2.28. The molecule has 0 saturated carbocycles. The standard InChI is InChI=1S/C39H77N3O3/c1-4-7-10-13-16-17-18-19-20-21-22-23-24-25-28-31-38(44)41-36(32-33-37(40)43)39(45)42(34-29-26-14-11-8-5-2)35-30-27-15-12-9-6-3/h36H,4-35H2,1-3H3,(H2,40,43)(H,41,44)/t36-/m0/s1. The number of rotatable bonds is 35. The zero-order valence-corrected chi connectivity index (χ0v) is 30.5. The Morgan fingerprint density at radius 1 is 0.489 bits per heavy atom. The molecule has 45 heavy (non-hydrogen) atoms. The van der Waals surface area contributed by atoms with Gasteiger partial charge in [0.05, 0.1) is 0 Å². The molecule has 0 aromatic heterocycles. The van der Waals surface area contributed by atoms with Gasteiger partial charge in [-0.1, -0.05) is 175 Å². The second-order valence-corrected chi connectivity index (χ2v) is 13.7. The normalized spacial score (nSPS) is 11.9. The van der Waals surface area contributed by atoms with E-state index in [1.54, 1.807) is 0 Å². The third-order valence-electron chi connectivity index (χ3n) is 9.19. The molecule has 1 atom stereocenters. The molecular formula is C39H77N3O3. The number of amides is 3. The van der Waals surface area contributed by atoms with E-state index < -0.39 is 11.9 Å². The van der Waals surface area contributed by atoms with Gasteiger partial charge in [-0.05, 0) is 25.7 Å². The van der Waals surface area contributed by atoms with Crippen molar-refractivity contribution < 1.29 is 14.4 Å². The van der Waals surface area contributed by atoms with Crippen molar-refractivity contribution >= 4 is 17.7 Å². The van der Waals surface area contributed by atoms with Crippen LogP contribution >= 0.6 is 0 Å². The Balaban J connectivity index is 4.51. The van der Waals surface area contributed by atoms with Crippen LogP contribution in [0.25, 0.3) is 0 Å². The van der Waals surface area contributed by atoms with Crippen molar-refractivity contribution in [3.63, 3.8) is 0 Å². The van der Waals surface area contributed by atoms with E-state index in [2.05, 4.69) is 26.1 Å². The van der Waals surface area contributed by atoms with E-state index in [0.29, 0.717) is 6.42 Å². The average Bonchev–Trinajstić information content (AvgIpc) is 3.02. The number of carbonyl (C=O) groups is 3. The predicted octanol–water partition coefficient (Wildman–Crippen LogP) is 10.5. The Kier molecular flexibility index (Phi) is 32.6. The molecule has 3 N–H and O–H groups in total. The second kappa shape index (κ2) is 33.8. The van der Waals surface area contributed by atoms with Crippen LogP contribution < -0.4 is 11.1 Å². The van der Waals surface area contributed by atoms with E-state index in [-0.39, 0.29) is 24.7 Å². The van der Waals surface area contributed by atoms with Gasteiger partial charge in [-0.3, -0.25) is 14.4 Å². The summed E-state index contributed by atoms with van der Waals surface area (Å²) in [4.78, 5) is 40.1. The summed E-state index contributed by atoms with van der Waals surface area (Å²) < 4.78 is 0. The predicted molar refractivity (Wildman–Crippen MR) is 193 cm³/mol. The molecule has 6 nitrogen and oxygen atoms in total. The molecule has 0 heterocycles. The summed E-state index contributed by atoms with van der Waals surface area (Å²) in [6, 6.07) is -0.665. The van der Waals surface area contributed by atoms with Crippen molar-refractivity contribution in [1.82, 2.24) is 10.2 Å². The van der Waals surface area contributed by atoms with Gasteiger partial charge in [0.1, 0.15) is 6.04 Å². The van der Waals surface area contributed by atoms with Gasteiger partial charge in [0.15, 0.2) is 0 Å². The molecule has 0 rings (SSSR count). The van der Waals surface area contributed by atoms with Crippen LogP contribution in [0.2, 0.25) is 0 Å². The Morgan fingerprint density at radius 2 is 0.822 bits per heavy atom. The highest BCUT2D eigenvalue weighted by Gasteiger charge is 2.26. The minimum absolute atomic E-state index is 0.0387. The van der Waals surface area contributed by atoms with Crippen molar-refractivity contribution in [3.05, 3.63) is 0 Å². The van der Waals surface area contributed by atoms with E-state index in [1.165, 1.54) is 135 Å². The molecule has 0 fully saturated rings. The van der Waals surface area contributed by atoms with E-state index in [9.17, 15) is 14.4 Å². The number of unbranched alkanes of at least 4 members (excludes halogenated alkanes) is 24. The van der Waals surface area contributed by atoms with Gasteiger partial charge < -0.3 is 16.0 Å². The fourth-order valence-corrected chi connectivity index (χ4v) is 6.19. The minimum Gasteiger partial charge on any atom is -0.370 e. The van der Waals surface area contributed by atoms with Gasteiger partial charge in [0, 0.05) is 25.9 Å². The summed E-state index contributed by atoms with van der Waals surface area (Å²) in [5, 5.41) is 3.00. The first-order valence-electron chi connectivity index (χ1n) is 19.8. The summed E-state index contributed by atoms with van der Waals surface area (Å²) in [7, 11) is 0. The molecular weight excluding hydrogens is 558 g/mol. The minimum atomic E-state index is -0.665. The number of nitrogens with one attached hydrogen (secondary N) is 1. The van der Waals surface area contributed by atoms with E-state index in [4.69, 9.17) is 5.73 Å². The van der Waals surface area contributed by atoms with Gasteiger partial charge in [0.2, 0.25) is 17.7 Å². The van der Waals surface area contributed by atoms with E-state index in [0.717, 1.165) is 51.6 Å². The lowest BCUT2D eigenvalue weighted by atomic mass is 10.0. The van der Waals surface area contributed by atoms with Crippen LogP contribution in [0, 0.1) is 0 Å². The van der Waals surface area contributed by atoms with Crippen molar-refractivity contribution in [2.75, 3.05) is 13.1 Å². The quantitative estimate of drug-likeness (QED) is 0.0679. The van der Waals surface area contributed by atoms with Crippen LogP contribution in [0.5, 0.6) is 0 Å². The fourth-order valence-electron chi connectivity index (χ4n) is 6.19. The molecule has 0 bridgehead atoms. The summed E-state index contributed by atoms with van der Waals surface area (Å²) in [6.45, 7) is 8.17. The number of carbonyl (C=O) groups excluding carboxylic acids is 3. The molecule has 0 spiro atoms. The maximum atomic E-state index is 13.7. The Hall–Kier alpha value is -1.59. The first-order chi connectivity index (χ1) is 22.0. The van der Waals surface area contributed by atoms with Crippen molar-refractivity contribution in [2.45, 2.75) is 219 Å². The van der Waals surface area contributed by atoms with E-state index in [1.807, 2.05) is 4.90 Å². The SMILES string of the molecule is CCCCCCCCCCCCCCCCCC(=O)N[C@@H](CCC(N)=O)C(=O)N(CCCCCCCC)CCCCCCCC. The average molecular weight is 636 g/mol. The molecule has 0 aromatic carbocycles. The molecule has 0 aromatic rings. The van der Waals surface area contributed by atoms with Crippen molar-refractivity contribution in [3.8, 4) is 0 Å². The smallest absolute Gasteiger partial charge is 0.245 e. The van der Waals surface area contributed by atoms with Crippen LogP contribution in [0.4, 0.5) is 0 Å². The van der Waals surface area contributed by atoms with Crippen LogP contribution in [-0.2, 0) is 14.4 Å². The monoisotopic (exact) mass is 636 g/mol. The van der Waals surface area contributed by atoms with Crippen LogP contribution in [-0.4, -0.2) is 41.8 Å². The molecule has 0 saturated heterocycles. The molecule has 0 unspecified atom stereocenters. The molecule has 3 amide bonds. The van der Waals surface area contributed by atoms with E-state index >= 15 is 0 Å². The lowest BCUT2D eigenvalue weighted by molar-refractivity contribution is -0.137. The summed E-state index contributed by atoms with van der Waals surface area (Å²) in [5.41, 5.74) is 5.45. The zero-order valence-electron chi connectivity index (χ0n) is 30.5. The van der Waals surface area contributed by atoms with Gasteiger partial charge in [-0.15, -0.1) is 0 Å². The highest BCUT2D eigenvalue weighted by Crippen LogP contribution is 2.15.